The minimum absolute atomic E-state index is 0.0339. The number of carbonyl (C=O) groups excluding carboxylic acids is 1. The Morgan fingerprint density at radius 3 is 2.55 bits per heavy atom. The van der Waals surface area contributed by atoms with Gasteiger partial charge in [0, 0.05) is 13.2 Å². The third-order valence-corrected chi connectivity index (χ3v) is 3.31. The monoisotopic (exact) mass is 291 g/mol. The van der Waals surface area contributed by atoms with Gasteiger partial charge in [0.15, 0.2) is 0 Å². The Kier molecular flexibility index (Phi) is 3.99. The molecule has 0 aliphatic heterocycles. The highest BCUT2D eigenvalue weighted by molar-refractivity contribution is 5.95. The van der Waals surface area contributed by atoms with Crippen molar-refractivity contribution in [1.29, 1.82) is 0 Å². The summed E-state index contributed by atoms with van der Waals surface area (Å²) in [5, 5.41) is 2.49. The van der Waals surface area contributed by atoms with Crippen LogP contribution in [0.25, 0.3) is 0 Å². The number of hydrogen-bond donors (Lipinski definition) is 1. The highest BCUT2D eigenvalue weighted by Crippen LogP contribution is 2.32. The molecular weight excluding hydrogens is 278 g/mol. The number of benzene rings is 1. The fourth-order valence-electron chi connectivity index (χ4n) is 2.07. The van der Waals surface area contributed by atoms with Crippen molar-refractivity contribution in [3.8, 4) is 0 Å². The Morgan fingerprint density at radius 2 is 2.00 bits per heavy atom. The smallest absolute Gasteiger partial charge is 0.381 e. The molecule has 0 atom stereocenters. The van der Waals surface area contributed by atoms with E-state index in [0.717, 1.165) is 12.1 Å². The summed E-state index contributed by atoms with van der Waals surface area (Å²) in [6.07, 6.45) is -3.64. The number of hydrogen-bond acceptors (Lipinski definition) is 2. The minimum Gasteiger partial charge on any atom is -0.381 e. The number of amides is 1. The molecule has 3 nitrogen and oxygen atoms in total. The topological polar surface area (TPSA) is 38.3 Å². The van der Waals surface area contributed by atoms with Gasteiger partial charge in [-0.15, -0.1) is 0 Å². The summed E-state index contributed by atoms with van der Waals surface area (Å²) in [6.45, 7) is 0. The second-order valence-electron chi connectivity index (χ2n) is 4.66. The van der Waals surface area contributed by atoms with Crippen molar-refractivity contribution in [3.05, 3.63) is 35.1 Å². The van der Waals surface area contributed by atoms with Gasteiger partial charge in [-0.2, -0.15) is 13.2 Å². The highest BCUT2D eigenvalue weighted by Gasteiger charge is 2.36. The molecule has 0 heterocycles. The number of nitrogens with one attached hydrogen (secondary N) is 1. The first kappa shape index (κ1) is 14.8. The molecule has 1 aromatic carbocycles. The summed E-state index contributed by atoms with van der Waals surface area (Å²) in [5.74, 6) is -2.38. The maximum Gasteiger partial charge on any atom is 0.419 e. The normalized spacial score (nSPS) is 22.2. The van der Waals surface area contributed by atoms with E-state index in [4.69, 9.17) is 4.74 Å². The van der Waals surface area contributed by atoms with E-state index in [-0.39, 0.29) is 12.1 Å². The van der Waals surface area contributed by atoms with Gasteiger partial charge in [-0.05, 0) is 25.0 Å². The van der Waals surface area contributed by atoms with Gasteiger partial charge in [-0.3, -0.25) is 4.79 Å². The number of carbonyl (C=O) groups is 1. The predicted molar refractivity (Wildman–Crippen MR) is 62.7 cm³/mol. The first-order valence-corrected chi connectivity index (χ1v) is 6.02. The summed E-state index contributed by atoms with van der Waals surface area (Å²) < 4.78 is 56.4. The quantitative estimate of drug-likeness (QED) is 0.870. The molecule has 7 heteroatoms. The Labute approximate surface area is 112 Å². The van der Waals surface area contributed by atoms with Crippen LogP contribution in [0.2, 0.25) is 0 Å². The molecule has 0 saturated heterocycles. The number of alkyl halides is 3. The molecule has 0 unspecified atom stereocenters. The van der Waals surface area contributed by atoms with Crippen molar-refractivity contribution in [2.45, 2.75) is 31.2 Å². The van der Waals surface area contributed by atoms with Crippen LogP contribution in [0.1, 0.15) is 28.8 Å². The molecule has 0 bridgehead atoms. The first-order valence-electron chi connectivity index (χ1n) is 6.02. The van der Waals surface area contributed by atoms with E-state index in [9.17, 15) is 22.4 Å². The van der Waals surface area contributed by atoms with Crippen molar-refractivity contribution in [1.82, 2.24) is 5.32 Å². The molecule has 1 N–H and O–H groups in total. The number of methoxy groups -OCH3 is 1. The van der Waals surface area contributed by atoms with Gasteiger partial charge < -0.3 is 10.1 Å². The lowest BCUT2D eigenvalue weighted by molar-refractivity contribution is -0.140. The van der Waals surface area contributed by atoms with E-state index in [1.165, 1.54) is 7.11 Å². The molecule has 110 valence electrons. The standard InChI is InChI=1S/C13H13F4NO2/c1-20-8-5-7(6-8)18-12(19)9-3-2-4-10(11(9)14)13(15,16)17/h2-4,7-8H,5-6H2,1H3,(H,18,19). The van der Waals surface area contributed by atoms with Gasteiger partial charge in [0.1, 0.15) is 5.82 Å². The molecule has 1 aromatic rings. The van der Waals surface area contributed by atoms with Gasteiger partial charge in [0.25, 0.3) is 5.91 Å². The van der Waals surface area contributed by atoms with Crippen LogP contribution in [-0.4, -0.2) is 25.2 Å². The Balaban J connectivity index is 2.11. The van der Waals surface area contributed by atoms with Gasteiger partial charge in [-0.1, -0.05) is 6.07 Å². The lowest BCUT2D eigenvalue weighted by Gasteiger charge is -2.34. The third kappa shape index (κ3) is 2.92. The van der Waals surface area contributed by atoms with Crippen LogP contribution in [0.3, 0.4) is 0 Å². The molecular formula is C13H13F4NO2. The lowest BCUT2D eigenvalue weighted by Crippen LogP contribution is -2.47. The van der Waals surface area contributed by atoms with Crippen molar-refractivity contribution in [2.75, 3.05) is 7.11 Å². The van der Waals surface area contributed by atoms with E-state index in [1.807, 2.05) is 0 Å². The molecule has 20 heavy (non-hydrogen) atoms. The van der Waals surface area contributed by atoms with Crippen molar-refractivity contribution >= 4 is 5.91 Å². The summed E-state index contributed by atoms with van der Waals surface area (Å²) >= 11 is 0. The molecule has 1 aliphatic rings. The third-order valence-electron chi connectivity index (χ3n) is 3.31. The average molecular weight is 291 g/mol. The van der Waals surface area contributed by atoms with Crippen LogP contribution >= 0.6 is 0 Å². The summed E-state index contributed by atoms with van der Waals surface area (Å²) in [5.41, 5.74) is -2.03. The molecule has 1 aliphatic carbocycles. The van der Waals surface area contributed by atoms with Crippen molar-refractivity contribution in [3.63, 3.8) is 0 Å². The Morgan fingerprint density at radius 1 is 1.35 bits per heavy atom. The number of halogens is 4. The van der Waals surface area contributed by atoms with Gasteiger partial charge in [0.05, 0.1) is 17.2 Å². The molecule has 1 saturated carbocycles. The van der Waals surface area contributed by atoms with Crippen LogP contribution in [-0.2, 0) is 10.9 Å². The fourth-order valence-corrected chi connectivity index (χ4v) is 2.07. The average Bonchev–Trinajstić information content (AvgIpc) is 2.31. The Bertz CT molecular complexity index is 510. The maximum atomic E-state index is 13.7. The van der Waals surface area contributed by atoms with E-state index in [0.29, 0.717) is 18.9 Å². The van der Waals surface area contributed by atoms with Gasteiger partial charge in [0.2, 0.25) is 0 Å². The molecule has 2 rings (SSSR count). The van der Waals surface area contributed by atoms with E-state index < -0.39 is 29.0 Å². The minimum atomic E-state index is -4.82. The second-order valence-corrected chi connectivity index (χ2v) is 4.66. The lowest BCUT2D eigenvalue weighted by atomic mass is 9.89. The Hall–Kier alpha value is -1.63. The van der Waals surface area contributed by atoms with Gasteiger partial charge >= 0.3 is 6.18 Å². The SMILES string of the molecule is COC1CC(NC(=O)c2cccc(C(F)(F)F)c2F)C1. The second kappa shape index (κ2) is 5.40. The fraction of sp³-hybridized carbons (Fsp3) is 0.462. The first-order chi connectivity index (χ1) is 9.32. The zero-order chi connectivity index (χ0) is 14.9. The highest BCUT2D eigenvalue weighted by atomic mass is 19.4. The van der Waals surface area contributed by atoms with Crippen molar-refractivity contribution < 1.29 is 27.1 Å². The predicted octanol–water partition coefficient (Wildman–Crippen LogP) is 2.75. The summed E-state index contributed by atoms with van der Waals surface area (Å²) in [4.78, 5) is 11.8. The molecule has 1 amide bonds. The van der Waals surface area contributed by atoms with E-state index in [1.54, 1.807) is 0 Å². The van der Waals surface area contributed by atoms with E-state index in [2.05, 4.69) is 5.32 Å². The largest absolute Gasteiger partial charge is 0.419 e. The van der Waals surface area contributed by atoms with Gasteiger partial charge in [-0.25, -0.2) is 4.39 Å². The van der Waals surface area contributed by atoms with Crippen molar-refractivity contribution in [2.24, 2.45) is 0 Å². The van der Waals surface area contributed by atoms with Crippen LogP contribution in [0.5, 0.6) is 0 Å². The van der Waals surface area contributed by atoms with Crippen LogP contribution in [0.15, 0.2) is 18.2 Å². The molecule has 0 aromatic heterocycles. The van der Waals surface area contributed by atoms with E-state index >= 15 is 0 Å². The zero-order valence-corrected chi connectivity index (χ0v) is 10.6. The molecule has 0 spiro atoms. The number of rotatable bonds is 3. The van der Waals surface area contributed by atoms with Crippen LogP contribution < -0.4 is 5.32 Å². The molecule has 1 fully saturated rings. The van der Waals surface area contributed by atoms with Crippen LogP contribution in [0, 0.1) is 5.82 Å². The number of ether oxygens (including phenoxy) is 1. The summed E-state index contributed by atoms with van der Waals surface area (Å²) in [7, 11) is 1.54. The molecule has 0 radical (unpaired) electrons. The maximum absolute atomic E-state index is 13.7. The zero-order valence-electron chi connectivity index (χ0n) is 10.6. The summed E-state index contributed by atoms with van der Waals surface area (Å²) in [6, 6.07) is 2.46. The van der Waals surface area contributed by atoms with Crippen LogP contribution in [0.4, 0.5) is 17.6 Å².